The average molecular weight is 167 g/mol. The van der Waals surface area contributed by atoms with Crippen molar-refractivity contribution in [2.45, 2.75) is 12.0 Å². The van der Waals surface area contributed by atoms with Crippen LogP contribution in [0.15, 0.2) is 12.3 Å². The summed E-state index contributed by atoms with van der Waals surface area (Å²) >= 11 is 0. The van der Waals surface area contributed by atoms with E-state index in [1.165, 1.54) is 0 Å². The van der Waals surface area contributed by atoms with Crippen LogP contribution in [0.2, 0.25) is 0 Å². The van der Waals surface area contributed by atoms with Gasteiger partial charge in [-0.2, -0.15) is 5.10 Å². The van der Waals surface area contributed by atoms with Crippen molar-refractivity contribution in [3.63, 3.8) is 0 Å². The number of aromatic nitrogens is 2. The number of nitrogens with one attached hydrogen (secondary N) is 1. The third-order valence-electron chi connectivity index (χ3n) is 2.19. The lowest BCUT2D eigenvalue weighted by molar-refractivity contribution is -0.00989. The standard InChI is InChI=1S/C8H13N3O/c1-11-3-2-7(10-11)4-8(12)5-9-6-8/h2-3,9,12H,4-6H2,1H3. The van der Waals surface area contributed by atoms with E-state index in [1.807, 2.05) is 19.3 Å². The third kappa shape index (κ3) is 1.35. The molecule has 0 saturated carbocycles. The molecule has 4 nitrogen and oxygen atoms in total. The Labute approximate surface area is 71.2 Å². The van der Waals surface area contributed by atoms with Crippen LogP contribution in [0.25, 0.3) is 0 Å². The molecule has 1 aromatic heterocycles. The number of hydrogen-bond donors (Lipinski definition) is 2. The fourth-order valence-electron chi connectivity index (χ4n) is 1.43. The van der Waals surface area contributed by atoms with Gasteiger partial charge in [0.15, 0.2) is 0 Å². The molecule has 4 heteroatoms. The SMILES string of the molecule is Cn1ccc(CC2(O)CNC2)n1. The molecule has 2 heterocycles. The molecule has 0 aromatic carbocycles. The second-order valence-electron chi connectivity index (χ2n) is 3.49. The fraction of sp³-hybridized carbons (Fsp3) is 0.625. The Balaban J connectivity index is 2.03. The van der Waals surface area contributed by atoms with Gasteiger partial charge in [0, 0.05) is 32.8 Å². The molecular formula is C8H13N3O. The molecule has 0 aliphatic carbocycles. The fourth-order valence-corrected chi connectivity index (χ4v) is 1.43. The number of aryl methyl sites for hydroxylation is 1. The molecule has 66 valence electrons. The van der Waals surface area contributed by atoms with Crippen molar-refractivity contribution >= 4 is 0 Å². The number of β-amino-alcohol motifs (C(OH)–C–C–N with tert-alkyl or cyclic N) is 1. The molecule has 1 saturated heterocycles. The van der Waals surface area contributed by atoms with Gasteiger partial charge in [-0.1, -0.05) is 0 Å². The Kier molecular flexibility index (Phi) is 1.66. The van der Waals surface area contributed by atoms with E-state index in [-0.39, 0.29) is 0 Å². The number of hydrogen-bond acceptors (Lipinski definition) is 3. The average Bonchev–Trinajstić information content (AvgIpc) is 2.32. The van der Waals surface area contributed by atoms with E-state index >= 15 is 0 Å². The molecule has 12 heavy (non-hydrogen) atoms. The van der Waals surface area contributed by atoms with E-state index in [1.54, 1.807) is 4.68 Å². The van der Waals surface area contributed by atoms with Crippen LogP contribution in [0.3, 0.4) is 0 Å². The zero-order valence-corrected chi connectivity index (χ0v) is 7.12. The summed E-state index contributed by atoms with van der Waals surface area (Å²) in [5, 5.41) is 17.0. The van der Waals surface area contributed by atoms with E-state index in [2.05, 4.69) is 10.4 Å². The lowest BCUT2D eigenvalue weighted by atomic mass is 9.92. The molecule has 0 spiro atoms. The van der Waals surface area contributed by atoms with Crippen LogP contribution in [0, 0.1) is 0 Å². The van der Waals surface area contributed by atoms with E-state index in [4.69, 9.17) is 0 Å². The molecule has 1 fully saturated rings. The van der Waals surface area contributed by atoms with E-state index in [0.29, 0.717) is 19.5 Å². The lowest BCUT2D eigenvalue weighted by Gasteiger charge is -2.37. The summed E-state index contributed by atoms with van der Waals surface area (Å²) in [7, 11) is 1.88. The first-order chi connectivity index (χ1) is 5.68. The van der Waals surface area contributed by atoms with Crippen LogP contribution in [-0.2, 0) is 13.5 Å². The maximum atomic E-state index is 9.76. The van der Waals surface area contributed by atoms with Crippen LogP contribution >= 0.6 is 0 Å². The zero-order valence-electron chi connectivity index (χ0n) is 7.12. The van der Waals surface area contributed by atoms with Crippen molar-refractivity contribution in [1.82, 2.24) is 15.1 Å². The van der Waals surface area contributed by atoms with Crippen molar-refractivity contribution in [3.8, 4) is 0 Å². The molecule has 2 N–H and O–H groups in total. The molecule has 2 rings (SSSR count). The van der Waals surface area contributed by atoms with Gasteiger partial charge < -0.3 is 10.4 Å². The molecule has 0 amide bonds. The predicted molar refractivity (Wildman–Crippen MR) is 44.7 cm³/mol. The van der Waals surface area contributed by atoms with E-state index < -0.39 is 5.60 Å². The molecule has 0 unspecified atom stereocenters. The van der Waals surface area contributed by atoms with Crippen LogP contribution in [-0.4, -0.2) is 33.6 Å². The monoisotopic (exact) mass is 167 g/mol. The molecule has 1 aliphatic heterocycles. The van der Waals surface area contributed by atoms with Crippen molar-refractivity contribution < 1.29 is 5.11 Å². The molecule has 0 atom stereocenters. The smallest absolute Gasteiger partial charge is 0.0950 e. The molecule has 1 aliphatic rings. The van der Waals surface area contributed by atoms with Crippen LogP contribution in [0.5, 0.6) is 0 Å². The molecular weight excluding hydrogens is 154 g/mol. The third-order valence-corrected chi connectivity index (χ3v) is 2.19. The number of nitrogens with zero attached hydrogens (tertiary/aromatic N) is 2. The zero-order chi connectivity index (χ0) is 8.60. The Morgan fingerprint density at radius 2 is 2.50 bits per heavy atom. The highest BCUT2D eigenvalue weighted by Crippen LogP contribution is 2.15. The van der Waals surface area contributed by atoms with Crippen molar-refractivity contribution in [2.75, 3.05) is 13.1 Å². The maximum Gasteiger partial charge on any atom is 0.0950 e. The second-order valence-corrected chi connectivity index (χ2v) is 3.49. The van der Waals surface area contributed by atoms with Crippen molar-refractivity contribution in [1.29, 1.82) is 0 Å². The summed E-state index contributed by atoms with van der Waals surface area (Å²) in [5.74, 6) is 0. The summed E-state index contributed by atoms with van der Waals surface area (Å²) in [5.41, 5.74) is 0.412. The Hall–Kier alpha value is -0.870. The van der Waals surface area contributed by atoms with Gasteiger partial charge >= 0.3 is 0 Å². The van der Waals surface area contributed by atoms with Gasteiger partial charge in [0.2, 0.25) is 0 Å². The topological polar surface area (TPSA) is 50.1 Å². The summed E-state index contributed by atoms with van der Waals surface area (Å²) < 4.78 is 1.75. The van der Waals surface area contributed by atoms with Gasteiger partial charge in [0.05, 0.1) is 11.3 Å². The Morgan fingerprint density at radius 1 is 1.75 bits per heavy atom. The summed E-state index contributed by atoms with van der Waals surface area (Å²) in [6.07, 6.45) is 2.55. The largest absolute Gasteiger partial charge is 0.387 e. The molecule has 0 bridgehead atoms. The molecule has 0 radical (unpaired) electrons. The Morgan fingerprint density at radius 3 is 2.92 bits per heavy atom. The first-order valence-electron chi connectivity index (χ1n) is 4.10. The summed E-state index contributed by atoms with van der Waals surface area (Å²) in [4.78, 5) is 0. The summed E-state index contributed by atoms with van der Waals surface area (Å²) in [6, 6.07) is 1.94. The second kappa shape index (κ2) is 2.57. The normalized spacial score (nSPS) is 20.5. The van der Waals surface area contributed by atoms with Gasteiger partial charge in [-0.15, -0.1) is 0 Å². The Bertz CT molecular complexity index is 278. The highest BCUT2D eigenvalue weighted by atomic mass is 16.3. The highest BCUT2D eigenvalue weighted by Gasteiger charge is 2.34. The van der Waals surface area contributed by atoms with Gasteiger partial charge in [0.25, 0.3) is 0 Å². The quantitative estimate of drug-likeness (QED) is 0.612. The predicted octanol–water partition coefficient (Wildman–Crippen LogP) is -0.703. The number of rotatable bonds is 2. The molecule has 1 aromatic rings. The van der Waals surface area contributed by atoms with Gasteiger partial charge in [-0.3, -0.25) is 4.68 Å². The first kappa shape index (κ1) is 7.76. The highest BCUT2D eigenvalue weighted by molar-refractivity contribution is 5.07. The first-order valence-corrected chi connectivity index (χ1v) is 4.10. The van der Waals surface area contributed by atoms with Gasteiger partial charge in [-0.25, -0.2) is 0 Å². The van der Waals surface area contributed by atoms with Gasteiger partial charge in [-0.05, 0) is 6.07 Å². The van der Waals surface area contributed by atoms with Crippen molar-refractivity contribution in [2.24, 2.45) is 7.05 Å². The maximum absolute atomic E-state index is 9.76. The van der Waals surface area contributed by atoms with Crippen molar-refractivity contribution in [3.05, 3.63) is 18.0 Å². The van der Waals surface area contributed by atoms with Crippen LogP contribution < -0.4 is 5.32 Å². The van der Waals surface area contributed by atoms with Crippen LogP contribution in [0.4, 0.5) is 0 Å². The van der Waals surface area contributed by atoms with E-state index in [0.717, 1.165) is 5.69 Å². The van der Waals surface area contributed by atoms with Crippen LogP contribution in [0.1, 0.15) is 5.69 Å². The lowest BCUT2D eigenvalue weighted by Crippen LogP contribution is -2.60. The minimum absolute atomic E-state index is 0.547. The number of aliphatic hydroxyl groups is 1. The van der Waals surface area contributed by atoms with Gasteiger partial charge in [0.1, 0.15) is 0 Å². The minimum atomic E-state index is -0.547. The van der Waals surface area contributed by atoms with E-state index in [9.17, 15) is 5.11 Å². The summed E-state index contributed by atoms with van der Waals surface area (Å²) in [6.45, 7) is 1.37. The minimum Gasteiger partial charge on any atom is -0.387 e.